The molecule has 3 atom stereocenters. The Hall–Kier alpha value is -3.85. The zero-order chi connectivity index (χ0) is 55.7. The van der Waals surface area contributed by atoms with Crippen LogP contribution in [-0.2, 0) is 27.9 Å². The maximum atomic E-state index is 13.5. The summed E-state index contributed by atoms with van der Waals surface area (Å²) in [5.41, 5.74) is 0. The molecule has 0 heterocycles. The fraction of sp³-hybridized carbons (Fsp3) is 0.636. The molecular weight excluding hydrogens is 964 g/mol. The number of carbonyl (C=O) groups is 2. The lowest BCUT2D eigenvalue weighted by atomic mass is 10.1. The smallest absolute Gasteiger partial charge is 0.456 e. The highest BCUT2D eigenvalue weighted by molar-refractivity contribution is 7.47. The number of allylic oxidation sites excluding steroid dienone is 21. The lowest BCUT2D eigenvalue weighted by molar-refractivity contribution is -0.870. The Balaban J connectivity index is 5.44. The second kappa shape index (κ2) is 54.5. The Bertz CT molecular complexity index is 1760. The summed E-state index contributed by atoms with van der Waals surface area (Å²) in [6.07, 6.45) is 77.4. The van der Waals surface area contributed by atoms with Crippen LogP contribution in [0.2, 0.25) is 0 Å². The molecule has 432 valence electrons. The number of hydrogen-bond acceptors (Lipinski definition) is 6. The van der Waals surface area contributed by atoms with Crippen LogP contribution in [0, 0.1) is 0 Å². The van der Waals surface area contributed by atoms with E-state index in [1.807, 2.05) is 33.3 Å². The van der Waals surface area contributed by atoms with Crippen molar-refractivity contribution in [3.05, 3.63) is 134 Å². The lowest BCUT2D eigenvalue weighted by Gasteiger charge is -2.27. The number of quaternary nitrogens is 1. The normalized spacial score (nSPS) is 14.7. The molecule has 0 aromatic carbocycles. The molecule has 0 spiro atoms. The van der Waals surface area contributed by atoms with Gasteiger partial charge in [-0.25, -0.2) is 4.57 Å². The van der Waals surface area contributed by atoms with Crippen LogP contribution in [0.4, 0.5) is 0 Å². The molecule has 0 aromatic heterocycles. The molecule has 0 aromatic rings. The summed E-state index contributed by atoms with van der Waals surface area (Å²) in [7, 11) is 1.43. The van der Waals surface area contributed by atoms with Crippen molar-refractivity contribution < 1.29 is 37.3 Å². The molecule has 1 amide bonds. The molecule has 3 unspecified atom stereocenters. The number of rotatable bonds is 52. The third kappa shape index (κ3) is 54.9. The summed E-state index contributed by atoms with van der Waals surface area (Å²) in [4.78, 5) is 37.7. The van der Waals surface area contributed by atoms with Gasteiger partial charge in [0, 0.05) is 12.8 Å². The highest BCUT2D eigenvalue weighted by Gasteiger charge is 2.30. The van der Waals surface area contributed by atoms with E-state index in [9.17, 15) is 19.0 Å². The van der Waals surface area contributed by atoms with Crippen molar-refractivity contribution in [1.29, 1.82) is 0 Å². The Morgan fingerprint density at radius 2 is 0.842 bits per heavy atom. The Morgan fingerprint density at radius 3 is 1.26 bits per heavy atom. The number of esters is 1. The second-order valence-electron chi connectivity index (χ2n) is 20.8. The number of phosphoric acid groups is 1. The molecule has 0 aliphatic carbocycles. The third-order valence-electron chi connectivity index (χ3n) is 12.3. The van der Waals surface area contributed by atoms with Gasteiger partial charge in [0.25, 0.3) is 0 Å². The summed E-state index contributed by atoms with van der Waals surface area (Å²) in [6, 6.07) is -0.889. The number of unbranched alkanes of at least 4 members (excludes halogenated alkanes) is 16. The van der Waals surface area contributed by atoms with Gasteiger partial charge in [0.1, 0.15) is 19.3 Å². The molecule has 0 saturated heterocycles. The first-order valence-electron chi connectivity index (χ1n) is 30.0. The predicted molar refractivity (Wildman–Crippen MR) is 327 cm³/mol. The molecule has 0 radical (unpaired) electrons. The van der Waals surface area contributed by atoms with Crippen molar-refractivity contribution in [2.75, 3.05) is 40.9 Å². The highest BCUT2D eigenvalue weighted by atomic mass is 31.2. The molecular formula is C66H112N2O7P+. The number of amides is 1. The third-order valence-corrected chi connectivity index (χ3v) is 13.3. The van der Waals surface area contributed by atoms with E-state index in [1.165, 1.54) is 51.4 Å². The second-order valence-corrected chi connectivity index (χ2v) is 22.2. The van der Waals surface area contributed by atoms with Crippen molar-refractivity contribution in [2.45, 2.75) is 232 Å². The zero-order valence-corrected chi connectivity index (χ0v) is 50.1. The van der Waals surface area contributed by atoms with Gasteiger partial charge in [-0.05, 0) is 122 Å². The van der Waals surface area contributed by atoms with Gasteiger partial charge < -0.3 is 19.4 Å². The van der Waals surface area contributed by atoms with Gasteiger partial charge >= 0.3 is 13.8 Å². The number of phosphoric ester groups is 1. The molecule has 0 rings (SSSR count). The monoisotopic (exact) mass is 1080 g/mol. The van der Waals surface area contributed by atoms with Crippen molar-refractivity contribution in [2.24, 2.45) is 0 Å². The van der Waals surface area contributed by atoms with Crippen LogP contribution in [0.25, 0.3) is 0 Å². The van der Waals surface area contributed by atoms with Gasteiger partial charge in [0.15, 0.2) is 0 Å². The summed E-state index contributed by atoms with van der Waals surface area (Å²) in [6.45, 7) is 6.71. The number of nitrogens with one attached hydrogen (secondary N) is 1. The molecule has 2 N–H and O–H groups in total. The van der Waals surface area contributed by atoms with E-state index in [0.29, 0.717) is 23.9 Å². The minimum atomic E-state index is -4.47. The van der Waals surface area contributed by atoms with Crippen molar-refractivity contribution in [3.8, 4) is 0 Å². The minimum Gasteiger partial charge on any atom is -0.456 e. The number of nitrogens with zero attached hydrogens (tertiary/aromatic N) is 1. The van der Waals surface area contributed by atoms with Gasteiger partial charge in [-0.2, -0.15) is 0 Å². The predicted octanol–water partition coefficient (Wildman–Crippen LogP) is 18.5. The molecule has 0 aliphatic rings. The molecule has 0 saturated carbocycles. The zero-order valence-electron chi connectivity index (χ0n) is 49.2. The van der Waals surface area contributed by atoms with Gasteiger partial charge in [-0.3, -0.25) is 18.6 Å². The molecule has 0 bridgehead atoms. The molecule has 0 aliphatic heterocycles. The summed E-state index contributed by atoms with van der Waals surface area (Å²) in [5.74, 6) is -0.592. The first kappa shape index (κ1) is 72.2. The van der Waals surface area contributed by atoms with Crippen LogP contribution in [0.3, 0.4) is 0 Å². The number of carbonyl (C=O) groups excluding carboxylic acids is 2. The largest absolute Gasteiger partial charge is 0.472 e. The SMILES string of the molecule is CC/C=C\C/C=C\C/C=C\C/C=C\C/C=C\CCCCCC(=O)NC(COP(=O)(O)OCC[N+](C)(C)C)C(/C=C/CCCCCCCCCCCC)OC(=O)CCCCC/C=C\C/C=C\C/C=C\C/C=C\C/C=C\CC. The molecule has 0 fully saturated rings. The van der Waals surface area contributed by atoms with Gasteiger partial charge in [0.2, 0.25) is 5.91 Å². The average Bonchev–Trinajstić information content (AvgIpc) is 3.38. The van der Waals surface area contributed by atoms with E-state index in [0.717, 1.165) is 122 Å². The van der Waals surface area contributed by atoms with Crippen molar-refractivity contribution >= 4 is 19.7 Å². The van der Waals surface area contributed by atoms with Gasteiger partial charge in [-0.1, -0.05) is 219 Å². The summed E-state index contributed by atoms with van der Waals surface area (Å²) < 4.78 is 30.6. The maximum Gasteiger partial charge on any atom is 0.472 e. The van der Waals surface area contributed by atoms with Crippen molar-refractivity contribution in [1.82, 2.24) is 5.32 Å². The average molecular weight is 1080 g/mol. The summed E-state index contributed by atoms with van der Waals surface area (Å²) in [5, 5.41) is 3.02. The quantitative estimate of drug-likeness (QED) is 0.0205. The fourth-order valence-corrected chi connectivity index (χ4v) is 8.49. The first-order chi connectivity index (χ1) is 36.9. The van der Waals surface area contributed by atoms with E-state index < -0.39 is 20.0 Å². The van der Waals surface area contributed by atoms with Crippen molar-refractivity contribution in [3.63, 3.8) is 0 Å². The Kier molecular flexibility index (Phi) is 51.7. The van der Waals surface area contributed by atoms with Crippen LogP contribution in [0.5, 0.6) is 0 Å². The lowest BCUT2D eigenvalue weighted by Crippen LogP contribution is -2.47. The van der Waals surface area contributed by atoms with E-state index in [2.05, 4.69) is 148 Å². The molecule has 76 heavy (non-hydrogen) atoms. The maximum absolute atomic E-state index is 13.5. The summed E-state index contributed by atoms with van der Waals surface area (Å²) >= 11 is 0. The van der Waals surface area contributed by atoms with Crippen LogP contribution >= 0.6 is 7.82 Å². The molecule has 9 nitrogen and oxygen atoms in total. The van der Waals surface area contributed by atoms with Crippen LogP contribution in [0.15, 0.2) is 134 Å². The number of hydrogen-bond donors (Lipinski definition) is 2. The number of ether oxygens (including phenoxy) is 1. The highest BCUT2D eigenvalue weighted by Crippen LogP contribution is 2.43. The first-order valence-corrected chi connectivity index (χ1v) is 31.5. The standard InChI is InChI=1S/C66H111N2O7P/c1-7-10-13-16-19-22-25-28-30-32-34-36-38-40-43-46-49-52-55-58-65(69)67-63(62-74-76(71,72)73-61-60-68(4,5)6)64(57-54-51-48-45-42-27-24-21-18-15-12-9-3)75-66(70)59-56-53-50-47-44-41-39-37-35-33-31-29-26-23-20-17-14-11-8-2/h10-11,13-14,19-20,22-23,28-31,34-37,40-41,43-44,54,57,63-64H,7-9,12,15-18,21,24-27,32-33,38-39,42,45-53,55-56,58-62H2,1-6H3,(H-,67,69,71,72)/p+1/b13-10-,14-11-,22-19-,23-20-,30-28-,31-29-,36-34-,37-35-,43-40-,44-41-,57-54+. The van der Waals surface area contributed by atoms with Crippen LogP contribution in [0.1, 0.15) is 220 Å². The van der Waals surface area contributed by atoms with Crippen LogP contribution < -0.4 is 5.32 Å². The number of likely N-dealkylation sites (N-methyl/N-ethyl adjacent to an activating group) is 1. The topological polar surface area (TPSA) is 111 Å². The van der Waals surface area contributed by atoms with E-state index in [-0.39, 0.29) is 37.9 Å². The van der Waals surface area contributed by atoms with Gasteiger partial charge in [-0.15, -0.1) is 0 Å². The van der Waals surface area contributed by atoms with Crippen LogP contribution in [-0.4, -0.2) is 74.3 Å². The van der Waals surface area contributed by atoms with Gasteiger partial charge in [0.05, 0.1) is 33.8 Å². The Morgan fingerprint density at radius 1 is 0.474 bits per heavy atom. The van der Waals surface area contributed by atoms with E-state index in [1.54, 1.807) is 0 Å². The fourth-order valence-electron chi connectivity index (χ4n) is 7.76. The molecule has 10 heteroatoms. The Labute approximate surface area is 466 Å². The van der Waals surface area contributed by atoms with E-state index in [4.69, 9.17) is 13.8 Å². The minimum absolute atomic E-state index is 0.0200. The van der Waals surface area contributed by atoms with E-state index >= 15 is 0 Å².